The Balaban J connectivity index is 0.00000392. The van der Waals surface area contributed by atoms with E-state index in [-0.39, 0.29) is 24.0 Å². The number of nitrogens with zero attached hydrogens (tertiary/aromatic N) is 1. The lowest BCUT2D eigenvalue weighted by Crippen LogP contribution is -2.37. The molecule has 7 nitrogen and oxygen atoms in total. The molecule has 28 heavy (non-hydrogen) atoms. The quantitative estimate of drug-likeness (QED) is 0.201. The number of nitrogens with one attached hydrogen (secondary N) is 2. The predicted molar refractivity (Wildman–Crippen MR) is 120 cm³/mol. The Morgan fingerprint density at radius 1 is 1.07 bits per heavy atom. The summed E-state index contributed by atoms with van der Waals surface area (Å²) < 4.78 is 21.3. The second-order valence-corrected chi connectivity index (χ2v) is 5.82. The van der Waals surface area contributed by atoms with Gasteiger partial charge in [0.05, 0.1) is 12.9 Å². The summed E-state index contributed by atoms with van der Waals surface area (Å²) in [4.78, 5) is 4.23. The Kier molecular flexibility index (Phi) is 13.2. The summed E-state index contributed by atoms with van der Waals surface area (Å²) in [5.41, 5.74) is 1.15. The average molecular weight is 503 g/mol. The molecule has 0 fully saturated rings. The summed E-state index contributed by atoms with van der Waals surface area (Å²) in [7, 11) is 3.42. The number of rotatable bonds is 12. The smallest absolute Gasteiger partial charge is 0.191 e. The van der Waals surface area contributed by atoms with E-state index in [1.807, 2.05) is 36.4 Å². The normalized spacial score (nSPS) is 11.0. The van der Waals surface area contributed by atoms with Gasteiger partial charge in [0.25, 0.3) is 0 Å². The first-order valence-corrected chi connectivity index (χ1v) is 9.07. The van der Waals surface area contributed by atoms with E-state index in [0.717, 1.165) is 36.0 Å². The molecule has 1 heterocycles. The van der Waals surface area contributed by atoms with Crippen molar-refractivity contribution in [3.8, 4) is 5.75 Å². The van der Waals surface area contributed by atoms with E-state index in [4.69, 9.17) is 18.6 Å². The molecule has 1 aromatic carbocycles. The van der Waals surface area contributed by atoms with Crippen molar-refractivity contribution in [3.05, 3.63) is 54.0 Å². The Morgan fingerprint density at radius 3 is 2.57 bits per heavy atom. The van der Waals surface area contributed by atoms with Crippen LogP contribution >= 0.6 is 24.0 Å². The molecule has 0 unspecified atom stereocenters. The fourth-order valence-corrected chi connectivity index (χ4v) is 2.30. The summed E-state index contributed by atoms with van der Waals surface area (Å²) in [6.07, 6.45) is 2.53. The molecule has 0 aliphatic heterocycles. The van der Waals surface area contributed by atoms with Gasteiger partial charge < -0.3 is 29.3 Å². The average Bonchev–Trinajstić information content (AvgIpc) is 3.21. The Bertz CT molecular complexity index is 648. The topological polar surface area (TPSA) is 77.3 Å². The fourth-order valence-electron chi connectivity index (χ4n) is 2.30. The van der Waals surface area contributed by atoms with Gasteiger partial charge in [0.1, 0.15) is 24.7 Å². The molecule has 2 rings (SSSR count). The summed E-state index contributed by atoms with van der Waals surface area (Å²) in [6.45, 7) is 3.77. The molecule has 0 saturated heterocycles. The first kappa shape index (κ1) is 24.3. The highest BCUT2D eigenvalue weighted by atomic mass is 127. The summed E-state index contributed by atoms with van der Waals surface area (Å²) >= 11 is 0. The second kappa shape index (κ2) is 15.2. The molecule has 2 aromatic rings. The lowest BCUT2D eigenvalue weighted by atomic mass is 10.2. The van der Waals surface area contributed by atoms with E-state index in [1.165, 1.54) is 0 Å². The molecule has 0 aliphatic carbocycles. The zero-order valence-electron chi connectivity index (χ0n) is 16.5. The van der Waals surface area contributed by atoms with Crippen molar-refractivity contribution in [1.29, 1.82) is 0 Å². The van der Waals surface area contributed by atoms with Crippen molar-refractivity contribution in [2.45, 2.75) is 19.6 Å². The molecule has 2 N–H and O–H groups in total. The highest BCUT2D eigenvalue weighted by molar-refractivity contribution is 14.0. The van der Waals surface area contributed by atoms with Crippen LogP contribution in [-0.2, 0) is 22.6 Å². The minimum absolute atomic E-state index is 0. The lowest BCUT2D eigenvalue weighted by Gasteiger charge is -2.12. The zero-order chi connectivity index (χ0) is 19.2. The lowest BCUT2D eigenvalue weighted by molar-refractivity contribution is 0.105. The minimum Gasteiger partial charge on any atom is -0.491 e. The maximum absolute atomic E-state index is 5.56. The number of furan rings is 1. The number of guanidine groups is 1. The number of benzene rings is 1. The number of ether oxygens (including phenoxy) is 3. The van der Waals surface area contributed by atoms with E-state index in [2.05, 4.69) is 15.6 Å². The van der Waals surface area contributed by atoms with Crippen LogP contribution in [0.25, 0.3) is 0 Å². The van der Waals surface area contributed by atoms with Gasteiger partial charge in [-0.1, -0.05) is 12.1 Å². The fraction of sp³-hybridized carbons (Fsp3) is 0.450. The number of halogens is 1. The minimum atomic E-state index is 0. The third-order valence-electron chi connectivity index (χ3n) is 3.75. The number of hydrogen-bond acceptors (Lipinski definition) is 5. The molecule has 0 atom stereocenters. The first-order valence-electron chi connectivity index (χ1n) is 9.07. The van der Waals surface area contributed by atoms with Gasteiger partial charge in [0.2, 0.25) is 0 Å². The highest BCUT2D eigenvalue weighted by Gasteiger charge is 2.00. The highest BCUT2D eigenvalue weighted by Crippen LogP contribution is 2.11. The molecule has 0 bridgehead atoms. The van der Waals surface area contributed by atoms with Gasteiger partial charge in [-0.15, -0.1) is 24.0 Å². The molecule has 0 radical (unpaired) electrons. The van der Waals surface area contributed by atoms with Crippen LogP contribution in [0, 0.1) is 0 Å². The van der Waals surface area contributed by atoms with Crippen molar-refractivity contribution in [3.63, 3.8) is 0 Å². The van der Waals surface area contributed by atoms with Crippen LogP contribution in [0.15, 0.2) is 52.1 Å². The van der Waals surface area contributed by atoms with Crippen LogP contribution in [0.3, 0.4) is 0 Å². The maximum atomic E-state index is 5.56. The van der Waals surface area contributed by atoms with E-state index in [0.29, 0.717) is 33.0 Å². The van der Waals surface area contributed by atoms with Gasteiger partial charge in [0, 0.05) is 33.9 Å². The largest absolute Gasteiger partial charge is 0.491 e. The van der Waals surface area contributed by atoms with Crippen molar-refractivity contribution < 1.29 is 18.6 Å². The molecule has 156 valence electrons. The molecular weight excluding hydrogens is 473 g/mol. The third-order valence-corrected chi connectivity index (χ3v) is 3.75. The number of hydrogen-bond donors (Lipinski definition) is 2. The monoisotopic (exact) mass is 503 g/mol. The Hall–Kier alpha value is -1.78. The summed E-state index contributed by atoms with van der Waals surface area (Å²) in [6, 6.07) is 11.7. The van der Waals surface area contributed by atoms with Gasteiger partial charge in [-0.05, 0) is 36.2 Å². The zero-order valence-corrected chi connectivity index (χ0v) is 18.8. The van der Waals surface area contributed by atoms with E-state index in [9.17, 15) is 0 Å². The van der Waals surface area contributed by atoms with Crippen LogP contribution in [0.5, 0.6) is 5.75 Å². The second-order valence-electron chi connectivity index (χ2n) is 5.82. The molecule has 8 heteroatoms. The molecule has 0 saturated carbocycles. The molecule has 1 aromatic heterocycles. The van der Waals surface area contributed by atoms with Gasteiger partial charge >= 0.3 is 0 Å². The Morgan fingerprint density at radius 2 is 1.89 bits per heavy atom. The van der Waals surface area contributed by atoms with Crippen molar-refractivity contribution in [2.24, 2.45) is 4.99 Å². The molecule has 0 amide bonds. The van der Waals surface area contributed by atoms with E-state index >= 15 is 0 Å². The van der Waals surface area contributed by atoms with E-state index < -0.39 is 0 Å². The predicted octanol–water partition coefficient (Wildman–Crippen LogP) is 3.19. The van der Waals surface area contributed by atoms with Gasteiger partial charge in [-0.25, -0.2) is 0 Å². The standard InChI is InChI=1S/C20H29N3O4.HI/c1-21-20(22-10-4-11-25-16-19-5-3-12-26-19)23-15-17-6-8-18(9-7-17)27-14-13-24-2;/h3,5-9,12H,4,10-11,13-16H2,1-2H3,(H2,21,22,23);1H. The number of aliphatic imine (C=N–C) groups is 1. The van der Waals surface area contributed by atoms with Crippen LogP contribution in [0.1, 0.15) is 17.7 Å². The van der Waals surface area contributed by atoms with E-state index in [1.54, 1.807) is 20.4 Å². The first-order chi connectivity index (χ1) is 13.3. The molecule has 0 spiro atoms. The maximum Gasteiger partial charge on any atom is 0.191 e. The summed E-state index contributed by atoms with van der Waals surface area (Å²) in [5, 5.41) is 6.57. The SMILES string of the molecule is CN=C(NCCCOCc1ccco1)NCc1ccc(OCCOC)cc1.I. The van der Waals surface area contributed by atoms with Crippen LogP contribution < -0.4 is 15.4 Å². The molecule has 0 aliphatic rings. The summed E-state index contributed by atoms with van der Waals surface area (Å²) in [5.74, 6) is 2.45. The molecular formula is C20H30IN3O4. The van der Waals surface area contributed by atoms with Crippen LogP contribution in [0.4, 0.5) is 0 Å². The van der Waals surface area contributed by atoms with Gasteiger partial charge in [0.15, 0.2) is 5.96 Å². The van der Waals surface area contributed by atoms with Gasteiger partial charge in [-0.3, -0.25) is 4.99 Å². The Labute approximate surface area is 183 Å². The van der Waals surface area contributed by atoms with Crippen LogP contribution in [-0.4, -0.2) is 46.5 Å². The number of methoxy groups -OCH3 is 1. The van der Waals surface area contributed by atoms with Crippen molar-refractivity contribution in [2.75, 3.05) is 40.5 Å². The van der Waals surface area contributed by atoms with Crippen molar-refractivity contribution >= 4 is 29.9 Å². The van der Waals surface area contributed by atoms with Crippen LogP contribution in [0.2, 0.25) is 0 Å². The van der Waals surface area contributed by atoms with Gasteiger partial charge in [-0.2, -0.15) is 0 Å². The van der Waals surface area contributed by atoms with Crippen molar-refractivity contribution in [1.82, 2.24) is 10.6 Å². The third kappa shape index (κ3) is 9.95.